The van der Waals surface area contributed by atoms with E-state index in [4.69, 9.17) is 0 Å². The second kappa shape index (κ2) is 6.62. The average molecular weight is 382 g/mol. The normalized spacial score (nSPS) is 11.2. The predicted molar refractivity (Wildman–Crippen MR) is 90.3 cm³/mol. The van der Waals surface area contributed by atoms with E-state index in [9.17, 15) is 13.2 Å². The topological polar surface area (TPSA) is 54.5 Å². The molecule has 0 aliphatic rings. The Balaban J connectivity index is 2.62. The SMILES string of the molecule is CCC(=O)N(c1ccccc1Br)S(=O)(=O)c1ccc(C)cc1. The summed E-state index contributed by atoms with van der Waals surface area (Å²) in [5.74, 6) is -0.479. The summed E-state index contributed by atoms with van der Waals surface area (Å²) in [5, 5.41) is 0. The molecule has 0 spiro atoms. The van der Waals surface area contributed by atoms with E-state index in [2.05, 4.69) is 15.9 Å². The fourth-order valence-corrected chi connectivity index (χ4v) is 4.06. The van der Waals surface area contributed by atoms with Gasteiger partial charge in [0.2, 0.25) is 5.91 Å². The molecule has 0 unspecified atom stereocenters. The van der Waals surface area contributed by atoms with E-state index < -0.39 is 15.9 Å². The Labute approximate surface area is 138 Å². The molecule has 0 aromatic heterocycles. The highest BCUT2D eigenvalue weighted by Crippen LogP contribution is 2.31. The number of rotatable bonds is 4. The van der Waals surface area contributed by atoms with Gasteiger partial charge in [0, 0.05) is 10.9 Å². The van der Waals surface area contributed by atoms with Gasteiger partial charge in [-0.1, -0.05) is 36.8 Å². The quantitative estimate of drug-likeness (QED) is 0.806. The zero-order valence-corrected chi connectivity index (χ0v) is 14.7. The van der Waals surface area contributed by atoms with Crippen molar-refractivity contribution in [1.82, 2.24) is 0 Å². The third-order valence-corrected chi connectivity index (χ3v) is 5.58. The molecule has 0 bridgehead atoms. The van der Waals surface area contributed by atoms with Crippen LogP contribution in [-0.2, 0) is 14.8 Å². The van der Waals surface area contributed by atoms with E-state index in [0.717, 1.165) is 9.87 Å². The van der Waals surface area contributed by atoms with Crippen molar-refractivity contribution in [2.45, 2.75) is 25.2 Å². The Hall–Kier alpha value is -1.66. The number of hydrogen-bond acceptors (Lipinski definition) is 3. The summed E-state index contributed by atoms with van der Waals surface area (Å²) >= 11 is 3.31. The van der Waals surface area contributed by atoms with Crippen LogP contribution in [-0.4, -0.2) is 14.3 Å². The third kappa shape index (κ3) is 3.23. The van der Waals surface area contributed by atoms with E-state index in [-0.39, 0.29) is 11.3 Å². The molecule has 1 amide bonds. The van der Waals surface area contributed by atoms with Crippen molar-refractivity contribution in [1.29, 1.82) is 0 Å². The van der Waals surface area contributed by atoms with Crippen molar-refractivity contribution < 1.29 is 13.2 Å². The van der Waals surface area contributed by atoms with Crippen LogP contribution >= 0.6 is 15.9 Å². The minimum absolute atomic E-state index is 0.0897. The van der Waals surface area contributed by atoms with Crippen molar-refractivity contribution in [3.8, 4) is 0 Å². The zero-order chi connectivity index (χ0) is 16.3. The maximum absolute atomic E-state index is 12.9. The van der Waals surface area contributed by atoms with Gasteiger partial charge in [-0.3, -0.25) is 4.79 Å². The first-order chi connectivity index (χ1) is 10.4. The van der Waals surface area contributed by atoms with E-state index >= 15 is 0 Å². The van der Waals surface area contributed by atoms with Gasteiger partial charge in [0.25, 0.3) is 10.0 Å². The van der Waals surface area contributed by atoms with Crippen molar-refractivity contribution in [3.63, 3.8) is 0 Å². The summed E-state index contributed by atoms with van der Waals surface area (Å²) in [4.78, 5) is 12.4. The van der Waals surface area contributed by atoms with Gasteiger partial charge in [0.1, 0.15) is 0 Å². The first-order valence-electron chi connectivity index (χ1n) is 6.77. The minimum atomic E-state index is -3.95. The predicted octanol–water partition coefficient (Wildman–Crippen LogP) is 3.89. The number of sulfonamides is 1. The van der Waals surface area contributed by atoms with Crippen LogP contribution in [0, 0.1) is 6.92 Å². The van der Waals surface area contributed by atoms with Crippen molar-refractivity contribution in [2.24, 2.45) is 0 Å². The van der Waals surface area contributed by atoms with Crippen LogP contribution in [0.1, 0.15) is 18.9 Å². The molecule has 0 radical (unpaired) electrons. The van der Waals surface area contributed by atoms with Crippen LogP contribution in [0.4, 0.5) is 5.69 Å². The van der Waals surface area contributed by atoms with Gasteiger partial charge in [0.15, 0.2) is 0 Å². The van der Waals surface area contributed by atoms with Crippen LogP contribution in [0.5, 0.6) is 0 Å². The highest BCUT2D eigenvalue weighted by atomic mass is 79.9. The molecule has 0 atom stereocenters. The molecule has 0 aliphatic carbocycles. The molecule has 6 heteroatoms. The molecular formula is C16H16BrNO3S. The highest BCUT2D eigenvalue weighted by molar-refractivity contribution is 9.10. The number of nitrogens with zero attached hydrogens (tertiary/aromatic N) is 1. The van der Waals surface area contributed by atoms with Crippen LogP contribution in [0.2, 0.25) is 0 Å². The molecule has 0 N–H and O–H groups in total. The van der Waals surface area contributed by atoms with Gasteiger partial charge in [-0.15, -0.1) is 0 Å². The van der Waals surface area contributed by atoms with Gasteiger partial charge in [0.05, 0.1) is 10.6 Å². The number of benzene rings is 2. The first-order valence-corrected chi connectivity index (χ1v) is 9.00. The van der Waals surface area contributed by atoms with Crippen LogP contribution in [0.25, 0.3) is 0 Å². The number of halogens is 1. The lowest BCUT2D eigenvalue weighted by Crippen LogP contribution is -2.36. The number of anilines is 1. The molecule has 2 aromatic rings. The van der Waals surface area contributed by atoms with Gasteiger partial charge >= 0.3 is 0 Å². The Kier molecular flexibility index (Phi) is 5.03. The summed E-state index contributed by atoms with van der Waals surface area (Å²) in [6.07, 6.45) is 0.0897. The molecule has 116 valence electrons. The second-order valence-corrected chi connectivity index (χ2v) is 7.42. The lowest BCUT2D eigenvalue weighted by Gasteiger charge is -2.23. The molecule has 22 heavy (non-hydrogen) atoms. The van der Waals surface area contributed by atoms with Crippen molar-refractivity contribution >= 4 is 37.5 Å². The summed E-state index contributed by atoms with van der Waals surface area (Å²) in [6, 6.07) is 13.2. The van der Waals surface area contributed by atoms with Gasteiger partial charge in [-0.05, 0) is 47.1 Å². The molecule has 4 nitrogen and oxygen atoms in total. The van der Waals surface area contributed by atoms with Gasteiger partial charge in [-0.25, -0.2) is 12.7 Å². The molecule has 0 aliphatic heterocycles. The maximum Gasteiger partial charge on any atom is 0.270 e. The molecular weight excluding hydrogens is 366 g/mol. The van der Waals surface area contributed by atoms with E-state index in [1.807, 2.05) is 6.92 Å². The standard InChI is InChI=1S/C16H16BrNO3S/c1-3-16(19)18(15-7-5-4-6-14(15)17)22(20,21)13-10-8-12(2)9-11-13/h4-11H,3H2,1-2H3. The lowest BCUT2D eigenvalue weighted by molar-refractivity contribution is -0.117. The fourth-order valence-electron chi connectivity index (χ4n) is 1.97. The Morgan fingerprint density at radius 2 is 1.68 bits per heavy atom. The number of amides is 1. The number of para-hydroxylation sites is 1. The van der Waals surface area contributed by atoms with Crippen LogP contribution < -0.4 is 4.31 Å². The zero-order valence-electron chi connectivity index (χ0n) is 12.3. The molecule has 2 aromatic carbocycles. The van der Waals surface area contributed by atoms with Crippen LogP contribution in [0.3, 0.4) is 0 Å². The molecule has 0 saturated heterocycles. The monoisotopic (exact) mass is 381 g/mol. The maximum atomic E-state index is 12.9. The third-order valence-electron chi connectivity index (χ3n) is 3.16. The largest absolute Gasteiger partial charge is 0.273 e. The Morgan fingerprint density at radius 3 is 2.23 bits per heavy atom. The Bertz CT molecular complexity index is 785. The van der Waals surface area contributed by atoms with E-state index in [1.165, 1.54) is 12.1 Å². The minimum Gasteiger partial charge on any atom is -0.273 e. The summed E-state index contributed by atoms with van der Waals surface area (Å²) in [7, 11) is -3.95. The molecule has 2 rings (SSSR count). The van der Waals surface area contributed by atoms with Crippen molar-refractivity contribution in [3.05, 3.63) is 58.6 Å². The summed E-state index contributed by atoms with van der Waals surface area (Å²) in [6.45, 7) is 3.51. The number of carbonyl (C=O) groups is 1. The highest BCUT2D eigenvalue weighted by Gasteiger charge is 2.31. The number of hydrogen-bond donors (Lipinski definition) is 0. The fraction of sp³-hybridized carbons (Fsp3) is 0.188. The molecule has 0 heterocycles. The second-order valence-electron chi connectivity index (χ2n) is 4.78. The molecule has 0 saturated carbocycles. The first kappa shape index (κ1) is 16.7. The Morgan fingerprint density at radius 1 is 1.09 bits per heavy atom. The average Bonchev–Trinajstić information content (AvgIpc) is 2.49. The van der Waals surface area contributed by atoms with Crippen molar-refractivity contribution in [2.75, 3.05) is 4.31 Å². The van der Waals surface area contributed by atoms with Gasteiger partial charge < -0.3 is 0 Å². The van der Waals surface area contributed by atoms with E-state index in [0.29, 0.717) is 10.2 Å². The van der Waals surface area contributed by atoms with Gasteiger partial charge in [-0.2, -0.15) is 0 Å². The summed E-state index contributed by atoms with van der Waals surface area (Å²) < 4.78 is 27.2. The number of aryl methyl sites for hydroxylation is 1. The summed E-state index contributed by atoms with van der Waals surface area (Å²) in [5.41, 5.74) is 1.27. The van der Waals surface area contributed by atoms with E-state index in [1.54, 1.807) is 43.3 Å². The smallest absolute Gasteiger partial charge is 0.270 e. The van der Waals surface area contributed by atoms with Crippen LogP contribution in [0.15, 0.2) is 57.9 Å². The molecule has 0 fully saturated rings. The number of carbonyl (C=O) groups excluding carboxylic acids is 1. The lowest BCUT2D eigenvalue weighted by atomic mass is 10.2.